The fourth-order valence-corrected chi connectivity index (χ4v) is 5.58. The molecule has 0 N–H and O–H groups in total. The molecular weight excluding hydrogens is 524 g/mol. The third kappa shape index (κ3) is 7.45. The van der Waals surface area contributed by atoms with Gasteiger partial charge in [-0.15, -0.1) is 0 Å². The molecule has 2 aliphatic rings. The average Bonchev–Trinajstić information content (AvgIpc) is 2.96. The van der Waals surface area contributed by atoms with Crippen LogP contribution in [0.2, 0.25) is 0 Å². The SMILES string of the molecule is COC(=O)C1C(C)=NC(C)=C(C(=O)OCCCN2CCN(Cc3ccc(C)cc3)CC2)C1c1cccc([N+](=O)[O-])c1. The third-order valence-electron chi connectivity index (χ3n) is 7.79. The van der Waals surface area contributed by atoms with Crippen LogP contribution in [0.25, 0.3) is 0 Å². The Hall–Kier alpha value is -3.89. The molecule has 0 aliphatic carbocycles. The van der Waals surface area contributed by atoms with Gasteiger partial charge in [-0.3, -0.25) is 24.8 Å². The van der Waals surface area contributed by atoms with Gasteiger partial charge >= 0.3 is 11.9 Å². The van der Waals surface area contributed by atoms with Crippen molar-refractivity contribution >= 4 is 23.3 Å². The molecule has 0 aromatic heterocycles. The van der Waals surface area contributed by atoms with Crippen LogP contribution < -0.4 is 0 Å². The number of rotatable bonds is 10. The van der Waals surface area contributed by atoms with E-state index in [-0.39, 0.29) is 17.9 Å². The van der Waals surface area contributed by atoms with E-state index < -0.39 is 28.7 Å². The summed E-state index contributed by atoms with van der Waals surface area (Å²) in [5, 5.41) is 11.4. The van der Waals surface area contributed by atoms with Crippen molar-refractivity contribution in [3.63, 3.8) is 0 Å². The maximum atomic E-state index is 13.4. The minimum Gasteiger partial charge on any atom is -0.468 e. The van der Waals surface area contributed by atoms with E-state index in [1.54, 1.807) is 26.0 Å². The molecule has 4 rings (SSSR count). The van der Waals surface area contributed by atoms with Crippen molar-refractivity contribution in [2.24, 2.45) is 10.9 Å². The molecule has 218 valence electrons. The standard InChI is InChI=1S/C31H38N4O6/c1-21-9-11-24(12-10-21)20-34-16-14-33(15-17-34)13-6-18-41-31(37)28-23(3)32-22(2)27(30(36)40-4)29(28)25-7-5-8-26(19-25)35(38)39/h5,7-12,19,27,29H,6,13-18,20H2,1-4H3. The second-order valence-corrected chi connectivity index (χ2v) is 10.7. The van der Waals surface area contributed by atoms with Gasteiger partial charge in [0.1, 0.15) is 5.92 Å². The van der Waals surface area contributed by atoms with Gasteiger partial charge in [-0.05, 0) is 38.3 Å². The molecule has 0 radical (unpaired) electrons. The minimum absolute atomic E-state index is 0.129. The highest BCUT2D eigenvalue weighted by atomic mass is 16.6. The summed E-state index contributed by atoms with van der Waals surface area (Å²) < 4.78 is 10.7. The number of piperazine rings is 1. The Morgan fingerprint density at radius 3 is 2.37 bits per heavy atom. The average molecular weight is 563 g/mol. The van der Waals surface area contributed by atoms with E-state index in [4.69, 9.17) is 9.47 Å². The van der Waals surface area contributed by atoms with Crippen LogP contribution in [-0.2, 0) is 25.6 Å². The number of esters is 2. The fourth-order valence-electron chi connectivity index (χ4n) is 5.58. The molecule has 2 heterocycles. The Labute approximate surface area is 240 Å². The van der Waals surface area contributed by atoms with Gasteiger partial charge in [-0.1, -0.05) is 42.0 Å². The summed E-state index contributed by atoms with van der Waals surface area (Å²) in [6, 6.07) is 14.6. The number of methoxy groups -OCH3 is 1. The summed E-state index contributed by atoms with van der Waals surface area (Å²) in [4.78, 5) is 46.4. The molecule has 10 nitrogen and oxygen atoms in total. The summed E-state index contributed by atoms with van der Waals surface area (Å²) in [5.74, 6) is -2.85. The lowest BCUT2D eigenvalue weighted by Gasteiger charge is -2.34. The van der Waals surface area contributed by atoms with Crippen LogP contribution in [-0.4, -0.2) is 78.8 Å². The summed E-state index contributed by atoms with van der Waals surface area (Å²) in [6.07, 6.45) is 0.667. The van der Waals surface area contributed by atoms with E-state index in [0.29, 0.717) is 23.4 Å². The smallest absolute Gasteiger partial charge is 0.336 e. The number of hydrogen-bond acceptors (Lipinski definition) is 9. The largest absolute Gasteiger partial charge is 0.468 e. The van der Waals surface area contributed by atoms with Crippen molar-refractivity contribution in [2.75, 3.05) is 46.4 Å². The molecule has 0 saturated carbocycles. The second kappa shape index (κ2) is 13.6. The first-order chi connectivity index (χ1) is 19.7. The van der Waals surface area contributed by atoms with Crippen LogP contribution in [0.1, 0.15) is 42.9 Å². The zero-order valence-corrected chi connectivity index (χ0v) is 24.2. The van der Waals surface area contributed by atoms with Crippen molar-refractivity contribution < 1.29 is 24.0 Å². The van der Waals surface area contributed by atoms with Crippen molar-refractivity contribution in [3.05, 3.63) is 86.6 Å². The predicted molar refractivity (Wildman–Crippen MR) is 156 cm³/mol. The van der Waals surface area contributed by atoms with Gasteiger partial charge < -0.3 is 14.4 Å². The fraction of sp³-hybridized carbons (Fsp3) is 0.452. The Morgan fingerprint density at radius 1 is 1.02 bits per heavy atom. The van der Waals surface area contributed by atoms with Crippen molar-refractivity contribution in [3.8, 4) is 0 Å². The summed E-state index contributed by atoms with van der Waals surface area (Å²) in [5.41, 5.74) is 4.03. The highest BCUT2D eigenvalue weighted by molar-refractivity contribution is 6.07. The normalized spacial score (nSPS) is 20.0. The highest BCUT2D eigenvalue weighted by Gasteiger charge is 2.42. The van der Waals surface area contributed by atoms with Gasteiger partial charge in [0.15, 0.2) is 0 Å². The number of hydrogen-bond donors (Lipinski definition) is 0. The number of carbonyl (C=O) groups is 2. The quantitative estimate of drug-likeness (QED) is 0.183. The molecular formula is C31H38N4O6. The van der Waals surface area contributed by atoms with E-state index in [1.165, 1.54) is 30.4 Å². The van der Waals surface area contributed by atoms with Gasteiger partial charge in [0.25, 0.3) is 5.69 Å². The molecule has 2 aliphatic heterocycles. The van der Waals surface area contributed by atoms with Crippen LogP contribution in [0.5, 0.6) is 0 Å². The number of carbonyl (C=O) groups excluding carboxylic acids is 2. The Morgan fingerprint density at radius 2 is 1.71 bits per heavy atom. The summed E-state index contributed by atoms with van der Waals surface area (Å²) in [7, 11) is 1.27. The lowest BCUT2D eigenvalue weighted by atomic mass is 9.75. The molecule has 0 amide bonds. The Balaban J connectivity index is 1.36. The number of nitro benzene ring substituents is 1. The predicted octanol–water partition coefficient (Wildman–Crippen LogP) is 4.28. The molecule has 0 spiro atoms. The number of benzene rings is 2. The molecule has 41 heavy (non-hydrogen) atoms. The van der Waals surface area contributed by atoms with Gasteiger partial charge in [0.05, 0.1) is 24.2 Å². The molecule has 1 fully saturated rings. The number of non-ortho nitro benzene ring substituents is 1. The zero-order chi connectivity index (χ0) is 29.5. The molecule has 2 atom stereocenters. The number of ether oxygens (including phenoxy) is 2. The Kier molecular flexibility index (Phi) is 10.0. The van der Waals surface area contributed by atoms with E-state index in [2.05, 4.69) is 46.0 Å². The van der Waals surface area contributed by atoms with Crippen LogP contribution in [0.15, 0.2) is 64.8 Å². The lowest BCUT2D eigenvalue weighted by molar-refractivity contribution is -0.384. The number of allylic oxidation sites excluding steroid dienone is 1. The Bertz CT molecular complexity index is 1330. The van der Waals surface area contributed by atoms with E-state index >= 15 is 0 Å². The zero-order valence-electron chi connectivity index (χ0n) is 24.2. The van der Waals surface area contributed by atoms with Crippen LogP contribution in [0.4, 0.5) is 5.69 Å². The molecule has 1 saturated heterocycles. The van der Waals surface area contributed by atoms with Crippen molar-refractivity contribution in [2.45, 2.75) is 39.7 Å². The van der Waals surface area contributed by atoms with Crippen LogP contribution in [0, 0.1) is 23.0 Å². The number of aliphatic imine (C=N–C) groups is 1. The van der Waals surface area contributed by atoms with Gasteiger partial charge in [0.2, 0.25) is 0 Å². The lowest BCUT2D eigenvalue weighted by Crippen LogP contribution is -2.46. The molecule has 10 heteroatoms. The molecule has 0 bridgehead atoms. The van der Waals surface area contributed by atoms with Gasteiger partial charge in [-0.2, -0.15) is 0 Å². The molecule has 2 unspecified atom stereocenters. The van der Waals surface area contributed by atoms with E-state index in [1.807, 2.05) is 0 Å². The van der Waals surface area contributed by atoms with E-state index in [9.17, 15) is 19.7 Å². The molecule has 2 aromatic carbocycles. The maximum absolute atomic E-state index is 13.4. The van der Waals surface area contributed by atoms with Crippen LogP contribution in [0.3, 0.4) is 0 Å². The topological polar surface area (TPSA) is 115 Å². The molecule has 2 aromatic rings. The van der Waals surface area contributed by atoms with Crippen LogP contribution >= 0.6 is 0 Å². The summed E-state index contributed by atoms with van der Waals surface area (Å²) >= 11 is 0. The number of nitrogens with zero attached hydrogens (tertiary/aromatic N) is 4. The van der Waals surface area contributed by atoms with Crippen molar-refractivity contribution in [1.29, 1.82) is 0 Å². The van der Waals surface area contributed by atoms with E-state index in [0.717, 1.165) is 39.3 Å². The highest BCUT2D eigenvalue weighted by Crippen LogP contribution is 2.41. The third-order valence-corrected chi connectivity index (χ3v) is 7.79. The second-order valence-electron chi connectivity index (χ2n) is 10.7. The maximum Gasteiger partial charge on any atom is 0.336 e. The number of nitro groups is 1. The minimum atomic E-state index is -0.899. The van der Waals surface area contributed by atoms with Gasteiger partial charge in [-0.25, -0.2) is 4.79 Å². The first-order valence-corrected chi connectivity index (χ1v) is 13.9. The van der Waals surface area contributed by atoms with Crippen molar-refractivity contribution in [1.82, 2.24) is 9.80 Å². The summed E-state index contributed by atoms with van der Waals surface area (Å²) in [6.45, 7) is 11.3. The van der Waals surface area contributed by atoms with Gasteiger partial charge in [0, 0.05) is 68.7 Å². The first kappa shape index (κ1) is 30.1. The first-order valence-electron chi connectivity index (χ1n) is 13.9. The number of aryl methyl sites for hydroxylation is 1. The monoisotopic (exact) mass is 562 g/mol.